The molecule has 38 heavy (non-hydrogen) atoms. The van der Waals surface area contributed by atoms with E-state index in [-0.39, 0.29) is 23.4 Å². The van der Waals surface area contributed by atoms with Gasteiger partial charge in [-0.25, -0.2) is 0 Å². The van der Waals surface area contributed by atoms with Gasteiger partial charge in [-0.3, -0.25) is 14.6 Å². The Hall–Kier alpha value is -3.65. The standard InChI is InChI=1S/C30H32F2N4O2/c31-28(32)29(38)36-23-12-6-19(7-13-23)16-26(37)35-24-17-25(20-4-2-1-3-5-20)27(34-18-24)21-8-10-22(11-9-21)30(33)14-15-30/h1-5,8-11,17-19,23,28H,6-7,12-16,33H2,(H,35,37)(H,36,38)/t19-,23-. The van der Waals surface area contributed by atoms with Gasteiger partial charge >= 0.3 is 6.43 Å². The third-order valence-corrected chi connectivity index (χ3v) is 7.64. The van der Waals surface area contributed by atoms with Crippen LogP contribution in [0.1, 0.15) is 50.5 Å². The van der Waals surface area contributed by atoms with E-state index in [4.69, 9.17) is 10.7 Å². The van der Waals surface area contributed by atoms with Crippen LogP contribution in [0.2, 0.25) is 0 Å². The van der Waals surface area contributed by atoms with Crippen molar-refractivity contribution in [1.82, 2.24) is 10.3 Å². The fourth-order valence-corrected chi connectivity index (χ4v) is 5.23. The summed E-state index contributed by atoms with van der Waals surface area (Å²) in [6.45, 7) is 0. The van der Waals surface area contributed by atoms with Gasteiger partial charge < -0.3 is 16.4 Å². The lowest BCUT2D eigenvalue weighted by Crippen LogP contribution is -2.40. The van der Waals surface area contributed by atoms with Crippen LogP contribution in [0.3, 0.4) is 0 Å². The van der Waals surface area contributed by atoms with Crippen LogP contribution in [-0.4, -0.2) is 29.3 Å². The van der Waals surface area contributed by atoms with E-state index in [0.717, 1.165) is 40.8 Å². The maximum absolute atomic E-state index is 12.8. The lowest BCUT2D eigenvalue weighted by atomic mass is 9.84. The Morgan fingerprint density at radius 1 is 0.974 bits per heavy atom. The van der Waals surface area contributed by atoms with Gasteiger partial charge in [-0.1, -0.05) is 54.6 Å². The normalized spacial score (nSPS) is 20.1. The largest absolute Gasteiger partial charge is 0.348 e. The predicted molar refractivity (Wildman–Crippen MR) is 143 cm³/mol. The van der Waals surface area contributed by atoms with Crippen molar-refractivity contribution >= 4 is 17.5 Å². The minimum Gasteiger partial charge on any atom is -0.348 e. The van der Waals surface area contributed by atoms with Gasteiger partial charge in [0.2, 0.25) is 5.91 Å². The summed E-state index contributed by atoms with van der Waals surface area (Å²) in [6, 6.07) is 19.9. The number of carbonyl (C=O) groups is 2. The number of carbonyl (C=O) groups excluding carboxylic acids is 2. The van der Waals surface area contributed by atoms with Gasteiger partial charge in [0.05, 0.1) is 17.6 Å². The van der Waals surface area contributed by atoms with E-state index in [1.54, 1.807) is 6.20 Å². The first kappa shape index (κ1) is 26.0. The SMILES string of the molecule is NC1(c2ccc(-c3ncc(NC(=O)C[C@H]4CC[C@H](NC(=O)C(F)F)CC4)cc3-c3ccccc3)cc2)CC1. The van der Waals surface area contributed by atoms with Crippen molar-refractivity contribution in [3.63, 3.8) is 0 Å². The van der Waals surface area contributed by atoms with Crippen LogP contribution in [0, 0.1) is 5.92 Å². The van der Waals surface area contributed by atoms with E-state index in [2.05, 4.69) is 34.9 Å². The zero-order valence-corrected chi connectivity index (χ0v) is 21.1. The molecular formula is C30H32F2N4O2. The van der Waals surface area contributed by atoms with Crippen LogP contribution in [0.5, 0.6) is 0 Å². The van der Waals surface area contributed by atoms with Crippen molar-refractivity contribution in [2.24, 2.45) is 11.7 Å². The van der Waals surface area contributed by atoms with Crippen molar-refractivity contribution in [3.8, 4) is 22.4 Å². The molecule has 2 fully saturated rings. The van der Waals surface area contributed by atoms with Gasteiger partial charge in [0.15, 0.2) is 0 Å². The van der Waals surface area contributed by atoms with Crippen LogP contribution in [0.15, 0.2) is 66.9 Å². The number of alkyl halides is 2. The highest BCUT2D eigenvalue weighted by Gasteiger charge is 2.39. The molecule has 2 amide bonds. The van der Waals surface area contributed by atoms with Gasteiger partial charge in [-0.15, -0.1) is 0 Å². The van der Waals surface area contributed by atoms with E-state index in [9.17, 15) is 18.4 Å². The molecule has 8 heteroatoms. The van der Waals surface area contributed by atoms with Gasteiger partial charge in [-0.2, -0.15) is 8.78 Å². The molecule has 1 heterocycles. The number of rotatable bonds is 8. The summed E-state index contributed by atoms with van der Waals surface area (Å²) >= 11 is 0. The Kier molecular flexibility index (Phi) is 7.51. The Morgan fingerprint density at radius 3 is 2.29 bits per heavy atom. The van der Waals surface area contributed by atoms with Gasteiger partial charge in [0.25, 0.3) is 5.91 Å². The van der Waals surface area contributed by atoms with E-state index in [0.29, 0.717) is 37.8 Å². The highest BCUT2D eigenvalue weighted by Crippen LogP contribution is 2.43. The van der Waals surface area contributed by atoms with Crippen molar-refractivity contribution in [1.29, 1.82) is 0 Å². The predicted octanol–water partition coefficient (Wildman–Crippen LogP) is 5.63. The summed E-state index contributed by atoms with van der Waals surface area (Å²) in [5, 5.41) is 5.37. The number of hydrogen-bond donors (Lipinski definition) is 3. The van der Waals surface area contributed by atoms with Crippen molar-refractivity contribution in [3.05, 3.63) is 72.4 Å². The fourth-order valence-electron chi connectivity index (χ4n) is 5.23. The van der Waals surface area contributed by atoms with Crippen LogP contribution >= 0.6 is 0 Å². The summed E-state index contributed by atoms with van der Waals surface area (Å²) in [4.78, 5) is 28.8. The van der Waals surface area contributed by atoms with E-state index >= 15 is 0 Å². The van der Waals surface area contributed by atoms with Crippen LogP contribution in [0.4, 0.5) is 14.5 Å². The smallest absolute Gasteiger partial charge is 0.315 e. The lowest BCUT2D eigenvalue weighted by Gasteiger charge is -2.28. The molecule has 0 radical (unpaired) electrons. The first-order valence-electron chi connectivity index (χ1n) is 13.1. The number of aromatic nitrogens is 1. The number of halogens is 2. The van der Waals surface area contributed by atoms with Crippen LogP contribution in [0.25, 0.3) is 22.4 Å². The number of nitrogens with zero attached hydrogens (tertiary/aromatic N) is 1. The average molecular weight is 519 g/mol. The van der Waals surface area contributed by atoms with Gasteiger partial charge in [0.1, 0.15) is 0 Å². The molecule has 6 nitrogen and oxygen atoms in total. The second kappa shape index (κ2) is 11.0. The summed E-state index contributed by atoms with van der Waals surface area (Å²) in [5.41, 5.74) is 11.6. The topological polar surface area (TPSA) is 97.1 Å². The summed E-state index contributed by atoms with van der Waals surface area (Å²) in [5.74, 6) is -1.19. The van der Waals surface area contributed by atoms with Crippen LogP contribution < -0.4 is 16.4 Å². The molecular weight excluding hydrogens is 486 g/mol. The highest BCUT2D eigenvalue weighted by atomic mass is 19.3. The first-order valence-corrected chi connectivity index (χ1v) is 13.1. The second-order valence-electron chi connectivity index (χ2n) is 10.5. The number of amides is 2. The van der Waals surface area contributed by atoms with Crippen molar-refractivity contribution < 1.29 is 18.4 Å². The summed E-state index contributed by atoms with van der Waals surface area (Å²) < 4.78 is 25.0. The maximum Gasteiger partial charge on any atom is 0.315 e. The fraction of sp³-hybridized carbons (Fsp3) is 0.367. The number of pyridine rings is 1. The molecule has 3 aromatic rings. The Morgan fingerprint density at radius 2 is 1.66 bits per heavy atom. The highest BCUT2D eigenvalue weighted by molar-refractivity contribution is 5.93. The molecule has 2 aliphatic carbocycles. The monoisotopic (exact) mass is 518 g/mol. The molecule has 0 unspecified atom stereocenters. The molecule has 2 aliphatic rings. The molecule has 1 aromatic heterocycles. The van der Waals surface area contributed by atoms with Gasteiger partial charge in [0, 0.05) is 29.1 Å². The summed E-state index contributed by atoms with van der Waals surface area (Å²) in [6.07, 6.45) is 3.61. The molecule has 0 saturated heterocycles. The number of benzene rings is 2. The molecule has 198 valence electrons. The Balaban J connectivity index is 1.26. The first-order chi connectivity index (χ1) is 18.3. The molecule has 0 spiro atoms. The number of nitrogens with two attached hydrogens (primary N) is 1. The van der Waals surface area contributed by atoms with Crippen molar-refractivity contribution in [2.75, 3.05) is 5.32 Å². The molecule has 0 bridgehead atoms. The number of hydrogen-bond acceptors (Lipinski definition) is 4. The third kappa shape index (κ3) is 6.07. The van der Waals surface area contributed by atoms with E-state index < -0.39 is 12.3 Å². The van der Waals surface area contributed by atoms with Gasteiger partial charge in [-0.05, 0) is 61.6 Å². The Bertz CT molecular complexity index is 1290. The zero-order valence-electron chi connectivity index (χ0n) is 21.1. The van der Waals surface area contributed by atoms with Crippen molar-refractivity contribution in [2.45, 2.75) is 63.0 Å². The summed E-state index contributed by atoms with van der Waals surface area (Å²) in [7, 11) is 0. The molecule has 2 aromatic carbocycles. The van der Waals surface area contributed by atoms with E-state index in [1.165, 1.54) is 0 Å². The molecule has 0 atom stereocenters. The van der Waals surface area contributed by atoms with Crippen LogP contribution in [-0.2, 0) is 15.1 Å². The Labute approximate surface area is 221 Å². The molecule has 0 aliphatic heterocycles. The second-order valence-corrected chi connectivity index (χ2v) is 10.5. The zero-order chi connectivity index (χ0) is 26.7. The maximum atomic E-state index is 12.8. The van der Waals surface area contributed by atoms with E-state index in [1.807, 2.05) is 36.4 Å². The molecule has 5 rings (SSSR count). The lowest BCUT2D eigenvalue weighted by molar-refractivity contribution is -0.132. The number of anilines is 1. The molecule has 2 saturated carbocycles. The third-order valence-electron chi connectivity index (χ3n) is 7.64. The molecule has 4 N–H and O–H groups in total. The quantitative estimate of drug-likeness (QED) is 0.360. The number of nitrogens with one attached hydrogen (secondary N) is 2. The average Bonchev–Trinajstić information content (AvgIpc) is 3.68. The minimum atomic E-state index is -3.00. The minimum absolute atomic E-state index is 0.111.